The number of hydrogen-bond acceptors (Lipinski definition) is 4. The highest BCUT2D eigenvalue weighted by Gasteiger charge is 2.54. The van der Waals surface area contributed by atoms with Gasteiger partial charge in [0.05, 0.1) is 0 Å². The first kappa shape index (κ1) is 17.1. The Morgan fingerprint density at radius 3 is 2.62 bits per heavy atom. The topological polar surface area (TPSA) is 60.4 Å². The maximum absolute atomic E-state index is 12.7. The third-order valence-corrected chi connectivity index (χ3v) is 5.95. The fraction of sp³-hybridized carbons (Fsp3) is 0.650. The molecule has 1 aliphatic heterocycles. The highest BCUT2D eigenvalue weighted by Crippen LogP contribution is 2.54. The van der Waals surface area contributed by atoms with E-state index >= 15 is 0 Å². The molecule has 2 aliphatic carbocycles. The van der Waals surface area contributed by atoms with Crippen LogP contribution in [-0.4, -0.2) is 23.6 Å². The van der Waals surface area contributed by atoms with Gasteiger partial charge in [-0.25, -0.2) is 4.79 Å². The van der Waals surface area contributed by atoms with E-state index in [0.29, 0.717) is 30.4 Å². The molecule has 0 spiro atoms. The molecule has 0 amide bonds. The predicted octanol–water partition coefficient (Wildman–Crippen LogP) is 3.55. The molecule has 1 saturated carbocycles. The van der Waals surface area contributed by atoms with E-state index in [-0.39, 0.29) is 40.9 Å². The van der Waals surface area contributed by atoms with Gasteiger partial charge in [0.15, 0.2) is 11.6 Å². The Labute approximate surface area is 143 Å². The zero-order valence-electron chi connectivity index (χ0n) is 15.0. The van der Waals surface area contributed by atoms with Gasteiger partial charge in [0.25, 0.3) is 0 Å². The van der Waals surface area contributed by atoms with Crippen LogP contribution in [0.15, 0.2) is 22.8 Å². The lowest BCUT2D eigenvalue weighted by Gasteiger charge is -2.40. The van der Waals surface area contributed by atoms with Crippen LogP contribution in [0.1, 0.15) is 59.8 Å². The van der Waals surface area contributed by atoms with Gasteiger partial charge in [0.1, 0.15) is 6.10 Å². The molecule has 130 valence electrons. The van der Waals surface area contributed by atoms with Crippen molar-refractivity contribution in [2.45, 2.75) is 65.9 Å². The van der Waals surface area contributed by atoms with Crippen LogP contribution in [0.25, 0.3) is 0 Å². The normalized spacial score (nSPS) is 39.8. The van der Waals surface area contributed by atoms with Crippen LogP contribution in [0.2, 0.25) is 0 Å². The van der Waals surface area contributed by atoms with Gasteiger partial charge in [-0.2, -0.15) is 0 Å². The van der Waals surface area contributed by atoms with Gasteiger partial charge in [-0.1, -0.05) is 19.4 Å². The quantitative estimate of drug-likeness (QED) is 0.637. The Morgan fingerprint density at radius 1 is 1.21 bits per heavy atom. The number of carbonyl (C=O) groups excluding carboxylic acids is 3. The van der Waals surface area contributed by atoms with Crippen molar-refractivity contribution in [1.82, 2.24) is 0 Å². The lowest BCUT2D eigenvalue weighted by molar-refractivity contribution is -0.152. The second-order valence-electron chi connectivity index (χ2n) is 8.22. The molecule has 24 heavy (non-hydrogen) atoms. The Kier molecular flexibility index (Phi) is 4.27. The second kappa shape index (κ2) is 5.98. The minimum atomic E-state index is -0.369. The lowest BCUT2D eigenvalue weighted by Crippen LogP contribution is -2.41. The van der Waals surface area contributed by atoms with Crippen molar-refractivity contribution in [3.05, 3.63) is 22.8 Å². The van der Waals surface area contributed by atoms with Gasteiger partial charge < -0.3 is 4.74 Å². The van der Waals surface area contributed by atoms with Crippen molar-refractivity contribution in [2.75, 3.05) is 0 Å². The minimum absolute atomic E-state index is 0.0360. The largest absolute Gasteiger partial charge is 0.458 e. The monoisotopic (exact) mass is 330 g/mol. The molecule has 0 bridgehead atoms. The van der Waals surface area contributed by atoms with Crippen LogP contribution in [0.3, 0.4) is 0 Å². The third kappa shape index (κ3) is 2.87. The van der Waals surface area contributed by atoms with E-state index in [1.807, 2.05) is 13.8 Å². The Hall–Kier alpha value is -1.71. The first-order valence-corrected chi connectivity index (χ1v) is 8.86. The summed E-state index contributed by atoms with van der Waals surface area (Å²) in [6, 6.07) is 0. The molecule has 4 nitrogen and oxygen atoms in total. The molecule has 0 aromatic heterocycles. The highest BCUT2D eigenvalue weighted by molar-refractivity contribution is 6.07. The molecule has 0 saturated heterocycles. The van der Waals surface area contributed by atoms with E-state index < -0.39 is 0 Å². The number of Topliss-reactive ketones (excluding diaryl/α,β-unsaturated/α-hetero) is 1. The third-order valence-electron chi connectivity index (χ3n) is 5.95. The molecule has 0 radical (unpaired) electrons. The van der Waals surface area contributed by atoms with E-state index in [2.05, 4.69) is 6.92 Å². The molecule has 1 heterocycles. The summed E-state index contributed by atoms with van der Waals surface area (Å²) in [4.78, 5) is 37.0. The number of carbonyl (C=O) groups is 3. The van der Waals surface area contributed by atoms with Gasteiger partial charge in [-0.3, -0.25) is 9.59 Å². The molecule has 0 aromatic rings. The van der Waals surface area contributed by atoms with E-state index in [1.54, 1.807) is 13.0 Å². The maximum atomic E-state index is 12.7. The van der Waals surface area contributed by atoms with Crippen LogP contribution < -0.4 is 0 Å². The average Bonchev–Trinajstić information content (AvgIpc) is 2.73. The number of hydrogen-bond donors (Lipinski definition) is 0. The van der Waals surface area contributed by atoms with E-state index in [1.165, 1.54) is 0 Å². The molecule has 0 N–H and O–H groups in total. The van der Waals surface area contributed by atoms with Crippen LogP contribution in [-0.2, 0) is 19.1 Å². The number of rotatable bonds is 0. The number of esters is 1. The molecule has 1 fully saturated rings. The fourth-order valence-electron chi connectivity index (χ4n) is 4.71. The zero-order chi connectivity index (χ0) is 17.6. The average molecular weight is 330 g/mol. The summed E-state index contributed by atoms with van der Waals surface area (Å²) in [6.07, 6.45) is 4.64. The Balaban J connectivity index is 2.06. The number of allylic oxidation sites excluding steroid dienone is 2. The summed E-state index contributed by atoms with van der Waals surface area (Å²) in [6.45, 7) is 7.85. The summed E-state index contributed by atoms with van der Waals surface area (Å²) >= 11 is 0. The summed E-state index contributed by atoms with van der Waals surface area (Å²) in [5.41, 5.74) is 2.04. The lowest BCUT2D eigenvalue weighted by atomic mass is 9.69. The minimum Gasteiger partial charge on any atom is -0.458 e. The first-order chi connectivity index (χ1) is 11.2. The van der Waals surface area contributed by atoms with Gasteiger partial charge in [0, 0.05) is 29.9 Å². The Bertz CT molecular complexity index is 669. The molecule has 3 aliphatic rings. The number of ketones is 2. The summed E-state index contributed by atoms with van der Waals surface area (Å²) in [5.74, 6) is -0.0405. The summed E-state index contributed by atoms with van der Waals surface area (Å²) < 4.78 is 5.72. The molecular formula is C20H26O4. The molecule has 0 unspecified atom stereocenters. The van der Waals surface area contributed by atoms with Crippen molar-refractivity contribution in [1.29, 1.82) is 0 Å². The van der Waals surface area contributed by atoms with Crippen molar-refractivity contribution in [2.24, 2.45) is 17.3 Å². The first-order valence-electron chi connectivity index (χ1n) is 8.86. The van der Waals surface area contributed by atoms with Crippen LogP contribution >= 0.6 is 0 Å². The van der Waals surface area contributed by atoms with Gasteiger partial charge in [0.2, 0.25) is 0 Å². The molecule has 4 heteroatoms. The van der Waals surface area contributed by atoms with Crippen molar-refractivity contribution < 1.29 is 19.1 Å². The summed E-state index contributed by atoms with van der Waals surface area (Å²) in [5, 5.41) is 0. The highest BCUT2D eigenvalue weighted by atomic mass is 16.5. The standard InChI is InChI=1S/C20H26O4/c1-11-5-6-20(4)10-15(22)17-13(3)19(23)24-16(18(17)20)9-12(2)8-14(21)7-11/h7,12,16,18H,5-6,8-10H2,1-4H3/b11-7-/t12-,16-,18-,20-/m1/s1. The molecule has 0 aromatic carbocycles. The second-order valence-corrected chi connectivity index (χ2v) is 8.22. The summed E-state index contributed by atoms with van der Waals surface area (Å²) in [7, 11) is 0. The van der Waals surface area contributed by atoms with Crippen LogP contribution in [0.5, 0.6) is 0 Å². The van der Waals surface area contributed by atoms with E-state index in [0.717, 1.165) is 18.4 Å². The molecular weight excluding hydrogens is 304 g/mol. The predicted molar refractivity (Wildman–Crippen MR) is 90.2 cm³/mol. The maximum Gasteiger partial charge on any atom is 0.334 e. The Morgan fingerprint density at radius 2 is 1.92 bits per heavy atom. The van der Waals surface area contributed by atoms with Gasteiger partial charge >= 0.3 is 5.97 Å². The molecule has 3 rings (SSSR count). The van der Waals surface area contributed by atoms with Gasteiger partial charge in [-0.05, 0) is 50.5 Å². The fourth-order valence-corrected chi connectivity index (χ4v) is 4.71. The van der Waals surface area contributed by atoms with Crippen molar-refractivity contribution in [3.63, 3.8) is 0 Å². The SMILES string of the molecule is CC1=C2C(=O)C[C@@]3(C)CC/C(C)=C\C(=O)C[C@@H](C)C[C@@H](OC1=O)[C@H]23. The van der Waals surface area contributed by atoms with Crippen LogP contribution in [0, 0.1) is 17.3 Å². The van der Waals surface area contributed by atoms with Crippen LogP contribution in [0.4, 0.5) is 0 Å². The van der Waals surface area contributed by atoms with E-state index in [4.69, 9.17) is 4.74 Å². The van der Waals surface area contributed by atoms with Gasteiger partial charge in [-0.15, -0.1) is 0 Å². The van der Waals surface area contributed by atoms with Crippen molar-refractivity contribution in [3.8, 4) is 0 Å². The molecule has 4 atom stereocenters. The van der Waals surface area contributed by atoms with Crippen molar-refractivity contribution >= 4 is 17.5 Å². The van der Waals surface area contributed by atoms with E-state index in [9.17, 15) is 14.4 Å². The smallest absolute Gasteiger partial charge is 0.334 e. The number of ether oxygens (including phenoxy) is 1. The zero-order valence-corrected chi connectivity index (χ0v) is 15.0.